The van der Waals surface area contributed by atoms with Gasteiger partial charge >= 0.3 is 0 Å². The van der Waals surface area contributed by atoms with Gasteiger partial charge < -0.3 is 15.2 Å². The molecule has 0 aliphatic rings. The van der Waals surface area contributed by atoms with Crippen molar-refractivity contribution in [2.24, 2.45) is 0 Å². The predicted octanol–water partition coefficient (Wildman–Crippen LogP) is 2.31. The summed E-state index contributed by atoms with van der Waals surface area (Å²) >= 11 is 1.55. The Balaban J connectivity index is 2.04. The fraction of sp³-hybridized carbons (Fsp3) is 0.182. The van der Waals surface area contributed by atoms with E-state index < -0.39 is 0 Å². The molecule has 0 atom stereocenters. The van der Waals surface area contributed by atoms with E-state index in [-0.39, 0.29) is 0 Å². The Morgan fingerprint density at radius 2 is 2.31 bits per heavy atom. The third-order valence-electron chi connectivity index (χ3n) is 2.07. The maximum absolute atomic E-state index is 5.82. The molecule has 0 fully saturated rings. The molecule has 1 heterocycles. The van der Waals surface area contributed by atoms with E-state index in [1.807, 2.05) is 6.07 Å². The van der Waals surface area contributed by atoms with Gasteiger partial charge in [-0.15, -0.1) is 11.3 Å². The lowest BCUT2D eigenvalue weighted by Crippen LogP contribution is -1.97. The van der Waals surface area contributed by atoms with Gasteiger partial charge in [-0.3, -0.25) is 4.98 Å². The van der Waals surface area contributed by atoms with Gasteiger partial charge in [0.05, 0.1) is 23.2 Å². The highest BCUT2D eigenvalue weighted by molar-refractivity contribution is 7.09. The van der Waals surface area contributed by atoms with Crippen LogP contribution in [0, 0.1) is 0 Å². The van der Waals surface area contributed by atoms with Crippen molar-refractivity contribution in [3.63, 3.8) is 0 Å². The Labute approximate surface area is 97.6 Å². The van der Waals surface area contributed by atoms with E-state index in [0.29, 0.717) is 18.0 Å². The SMILES string of the molecule is COc1ccc(OCc2cncs2)c(N)c1. The Bertz CT molecular complexity index is 457. The third-order valence-corrected chi connectivity index (χ3v) is 2.82. The number of hydrogen-bond acceptors (Lipinski definition) is 5. The third kappa shape index (κ3) is 2.43. The molecule has 16 heavy (non-hydrogen) atoms. The first kappa shape index (κ1) is 10.8. The molecule has 4 nitrogen and oxygen atoms in total. The summed E-state index contributed by atoms with van der Waals surface area (Å²) < 4.78 is 10.6. The highest BCUT2D eigenvalue weighted by Gasteiger charge is 2.03. The number of hydrogen-bond donors (Lipinski definition) is 1. The molecule has 2 N–H and O–H groups in total. The minimum Gasteiger partial charge on any atom is -0.497 e. The molecule has 0 radical (unpaired) electrons. The minimum atomic E-state index is 0.487. The van der Waals surface area contributed by atoms with Gasteiger partial charge in [0.2, 0.25) is 0 Å². The maximum Gasteiger partial charge on any atom is 0.143 e. The number of aromatic nitrogens is 1. The summed E-state index contributed by atoms with van der Waals surface area (Å²) in [4.78, 5) is 5.04. The van der Waals surface area contributed by atoms with Gasteiger partial charge in [0.1, 0.15) is 18.1 Å². The maximum atomic E-state index is 5.82. The van der Waals surface area contributed by atoms with E-state index in [4.69, 9.17) is 15.2 Å². The molecule has 5 heteroatoms. The topological polar surface area (TPSA) is 57.4 Å². The van der Waals surface area contributed by atoms with E-state index in [2.05, 4.69) is 4.98 Å². The summed E-state index contributed by atoms with van der Waals surface area (Å²) in [6.07, 6.45) is 1.78. The standard InChI is InChI=1S/C11H12N2O2S/c1-14-8-2-3-11(10(12)4-8)15-6-9-5-13-7-16-9/h2-5,7H,6,12H2,1H3. The van der Waals surface area contributed by atoms with Crippen LogP contribution in [0.15, 0.2) is 29.9 Å². The average Bonchev–Trinajstić information content (AvgIpc) is 2.80. The predicted molar refractivity (Wildman–Crippen MR) is 63.9 cm³/mol. The smallest absolute Gasteiger partial charge is 0.143 e. The number of ether oxygens (including phenoxy) is 2. The minimum absolute atomic E-state index is 0.487. The first-order chi connectivity index (χ1) is 7.79. The molecule has 84 valence electrons. The van der Waals surface area contributed by atoms with Crippen molar-refractivity contribution >= 4 is 17.0 Å². The van der Waals surface area contributed by atoms with Crippen molar-refractivity contribution in [3.05, 3.63) is 34.8 Å². The van der Waals surface area contributed by atoms with Gasteiger partial charge in [0, 0.05) is 12.3 Å². The second-order valence-electron chi connectivity index (χ2n) is 3.16. The number of nitrogens with two attached hydrogens (primary N) is 1. The summed E-state index contributed by atoms with van der Waals surface area (Å²) in [5.74, 6) is 1.39. The van der Waals surface area contributed by atoms with Crippen molar-refractivity contribution in [1.82, 2.24) is 4.98 Å². The summed E-state index contributed by atoms with van der Waals surface area (Å²) in [6.45, 7) is 0.487. The second-order valence-corrected chi connectivity index (χ2v) is 4.13. The first-order valence-corrected chi connectivity index (χ1v) is 5.61. The summed E-state index contributed by atoms with van der Waals surface area (Å²) in [5, 5.41) is 0. The average molecular weight is 236 g/mol. The van der Waals surface area contributed by atoms with Crippen LogP contribution in [0.25, 0.3) is 0 Å². The van der Waals surface area contributed by atoms with Crippen LogP contribution in [-0.4, -0.2) is 12.1 Å². The molecule has 1 aromatic carbocycles. The summed E-state index contributed by atoms with van der Waals surface area (Å²) in [6, 6.07) is 5.36. The number of thiazole rings is 1. The largest absolute Gasteiger partial charge is 0.497 e. The lowest BCUT2D eigenvalue weighted by atomic mass is 10.3. The van der Waals surface area contributed by atoms with Gasteiger partial charge in [-0.2, -0.15) is 0 Å². The molecule has 0 unspecified atom stereocenters. The molecule has 1 aromatic heterocycles. The fourth-order valence-corrected chi connectivity index (χ4v) is 1.75. The summed E-state index contributed by atoms with van der Waals surface area (Å²) in [5.41, 5.74) is 8.17. The number of nitrogens with zero attached hydrogens (tertiary/aromatic N) is 1. The molecular weight excluding hydrogens is 224 g/mol. The van der Waals surface area contributed by atoms with Crippen molar-refractivity contribution in [2.75, 3.05) is 12.8 Å². The molecule has 2 aromatic rings. The van der Waals surface area contributed by atoms with Gasteiger partial charge in [0.25, 0.3) is 0 Å². The van der Waals surface area contributed by atoms with Crippen LogP contribution in [-0.2, 0) is 6.61 Å². The molecule has 0 amide bonds. The zero-order chi connectivity index (χ0) is 11.4. The van der Waals surface area contributed by atoms with Crippen molar-refractivity contribution in [3.8, 4) is 11.5 Å². The van der Waals surface area contributed by atoms with E-state index in [1.54, 1.807) is 42.3 Å². The Kier molecular flexibility index (Phi) is 3.26. The molecule has 0 spiro atoms. The number of nitrogen functional groups attached to an aromatic ring is 1. The highest BCUT2D eigenvalue weighted by atomic mass is 32.1. The van der Waals surface area contributed by atoms with Crippen molar-refractivity contribution in [2.45, 2.75) is 6.61 Å². The highest BCUT2D eigenvalue weighted by Crippen LogP contribution is 2.27. The molecule has 0 saturated carbocycles. The van der Waals surface area contributed by atoms with Crippen LogP contribution in [0.3, 0.4) is 0 Å². The van der Waals surface area contributed by atoms with Crippen molar-refractivity contribution in [1.29, 1.82) is 0 Å². The lowest BCUT2D eigenvalue weighted by Gasteiger charge is -2.08. The Hall–Kier alpha value is -1.75. The quantitative estimate of drug-likeness (QED) is 0.828. The number of rotatable bonds is 4. The molecular formula is C11H12N2O2S. The normalized spacial score (nSPS) is 10.1. The first-order valence-electron chi connectivity index (χ1n) is 4.73. The molecule has 0 bridgehead atoms. The molecule has 0 aliphatic heterocycles. The van der Waals surface area contributed by atoms with Gasteiger partial charge in [-0.25, -0.2) is 0 Å². The monoisotopic (exact) mass is 236 g/mol. The lowest BCUT2D eigenvalue weighted by molar-refractivity contribution is 0.310. The van der Waals surface area contributed by atoms with Crippen LogP contribution < -0.4 is 15.2 Å². The van der Waals surface area contributed by atoms with Crippen LogP contribution >= 0.6 is 11.3 Å². The molecule has 2 rings (SSSR count). The van der Waals surface area contributed by atoms with Crippen LogP contribution in [0.4, 0.5) is 5.69 Å². The Morgan fingerprint density at radius 1 is 1.44 bits per heavy atom. The second kappa shape index (κ2) is 4.85. The van der Waals surface area contributed by atoms with E-state index in [1.165, 1.54) is 0 Å². The zero-order valence-corrected chi connectivity index (χ0v) is 9.66. The van der Waals surface area contributed by atoms with E-state index in [0.717, 1.165) is 10.6 Å². The molecule has 0 aliphatic carbocycles. The number of anilines is 1. The Morgan fingerprint density at radius 3 is 2.94 bits per heavy atom. The van der Waals surface area contributed by atoms with Gasteiger partial charge in [-0.05, 0) is 12.1 Å². The van der Waals surface area contributed by atoms with Crippen LogP contribution in [0.2, 0.25) is 0 Å². The number of benzene rings is 1. The van der Waals surface area contributed by atoms with E-state index >= 15 is 0 Å². The van der Waals surface area contributed by atoms with Crippen LogP contribution in [0.1, 0.15) is 4.88 Å². The zero-order valence-electron chi connectivity index (χ0n) is 8.84. The van der Waals surface area contributed by atoms with Gasteiger partial charge in [-0.1, -0.05) is 0 Å². The van der Waals surface area contributed by atoms with E-state index in [9.17, 15) is 0 Å². The van der Waals surface area contributed by atoms with Gasteiger partial charge in [0.15, 0.2) is 0 Å². The van der Waals surface area contributed by atoms with Crippen molar-refractivity contribution < 1.29 is 9.47 Å². The number of methoxy groups -OCH3 is 1. The summed E-state index contributed by atoms with van der Waals surface area (Å²) in [7, 11) is 1.60. The molecule has 0 saturated heterocycles. The van der Waals surface area contributed by atoms with Crippen LogP contribution in [0.5, 0.6) is 11.5 Å². The fourth-order valence-electron chi connectivity index (χ4n) is 1.25.